The van der Waals surface area contributed by atoms with Gasteiger partial charge in [0.2, 0.25) is 0 Å². The molecular weight excluding hydrogens is 412 g/mol. The zero-order valence-corrected chi connectivity index (χ0v) is 18.1. The molecule has 0 N–H and O–H groups in total. The van der Waals surface area contributed by atoms with Crippen LogP contribution in [-0.2, 0) is 0 Å². The van der Waals surface area contributed by atoms with Crippen molar-refractivity contribution in [2.45, 2.75) is 13.8 Å². The van der Waals surface area contributed by atoms with Crippen LogP contribution in [-0.4, -0.2) is 54.0 Å². The Balaban J connectivity index is 1.95. The fraction of sp³-hybridized carbons (Fsp3) is 0.368. The van der Waals surface area contributed by atoms with Crippen LogP contribution >= 0.6 is 22.7 Å². The maximum Gasteiger partial charge on any atom is 0.324 e. The van der Waals surface area contributed by atoms with E-state index in [4.69, 9.17) is 4.74 Å². The van der Waals surface area contributed by atoms with E-state index in [0.717, 1.165) is 40.4 Å². The number of anilines is 1. The van der Waals surface area contributed by atoms with Gasteiger partial charge in [0.1, 0.15) is 5.75 Å². The van der Waals surface area contributed by atoms with Crippen molar-refractivity contribution in [1.82, 2.24) is 9.88 Å². The van der Waals surface area contributed by atoms with Gasteiger partial charge in [0, 0.05) is 19.2 Å². The van der Waals surface area contributed by atoms with Crippen molar-refractivity contribution in [3.05, 3.63) is 45.3 Å². The largest absolute Gasteiger partial charge is 0.497 e. The van der Waals surface area contributed by atoms with Crippen molar-refractivity contribution < 1.29 is 14.5 Å². The molecule has 3 rings (SSSR count). The number of hydrogen-bond acceptors (Lipinski definition) is 8. The second-order valence-corrected chi connectivity index (χ2v) is 8.28. The average Bonchev–Trinajstić information content (AvgIpc) is 3.37. The van der Waals surface area contributed by atoms with E-state index in [9.17, 15) is 14.9 Å². The highest BCUT2D eigenvalue weighted by Gasteiger charge is 2.25. The van der Waals surface area contributed by atoms with Gasteiger partial charge in [-0.1, -0.05) is 36.5 Å². The lowest BCUT2D eigenvalue weighted by Gasteiger charge is -2.24. The molecule has 0 aliphatic rings. The Kier molecular flexibility index (Phi) is 6.78. The van der Waals surface area contributed by atoms with Crippen LogP contribution in [0.4, 0.5) is 10.1 Å². The van der Waals surface area contributed by atoms with E-state index in [-0.39, 0.29) is 10.9 Å². The highest BCUT2D eigenvalue weighted by Crippen LogP contribution is 2.33. The van der Waals surface area contributed by atoms with E-state index in [1.54, 1.807) is 12.0 Å². The number of fused-ring (bicyclic) bond motifs is 1. The van der Waals surface area contributed by atoms with Crippen LogP contribution in [0.1, 0.15) is 23.5 Å². The van der Waals surface area contributed by atoms with Gasteiger partial charge in [-0.25, -0.2) is 4.98 Å². The number of amides is 1. The fourth-order valence-corrected chi connectivity index (χ4v) is 4.66. The minimum Gasteiger partial charge on any atom is -0.497 e. The van der Waals surface area contributed by atoms with Crippen LogP contribution in [0.5, 0.6) is 5.75 Å². The van der Waals surface area contributed by atoms with E-state index < -0.39 is 4.92 Å². The second-order valence-electron chi connectivity index (χ2n) is 6.21. The number of methoxy groups -OCH3 is 1. The quantitative estimate of drug-likeness (QED) is 0.369. The molecule has 0 aliphatic heterocycles. The lowest BCUT2D eigenvalue weighted by molar-refractivity contribution is -0.380. The van der Waals surface area contributed by atoms with Gasteiger partial charge in [0.15, 0.2) is 5.13 Å². The molecule has 0 bridgehead atoms. The van der Waals surface area contributed by atoms with Crippen LogP contribution < -0.4 is 9.64 Å². The van der Waals surface area contributed by atoms with E-state index >= 15 is 0 Å². The monoisotopic (exact) mass is 434 g/mol. The topological polar surface area (TPSA) is 88.8 Å². The number of benzene rings is 1. The number of thiazole rings is 1. The van der Waals surface area contributed by atoms with Gasteiger partial charge in [0.05, 0.1) is 27.1 Å². The third kappa shape index (κ3) is 4.72. The number of rotatable bonds is 9. The summed E-state index contributed by atoms with van der Waals surface area (Å²) < 4.78 is 6.19. The van der Waals surface area contributed by atoms with Crippen molar-refractivity contribution >= 4 is 48.9 Å². The van der Waals surface area contributed by atoms with E-state index in [1.165, 1.54) is 23.5 Å². The van der Waals surface area contributed by atoms with Crippen LogP contribution in [0.2, 0.25) is 0 Å². The SMILES string of the molecule is CCN(CC)CCN(C(=O)c1ccc([N+](=O)[O-])s1)c1nc2ccc(OC)cc2s1. The first-order chi connectivity index (χ1) is 14.0. The molecule has 0 saturated carbocycles. The first kappa shape index (κ1) is 21.2. The second kappa shape index (κ2) is 9.29. The summed E-state index contributed by atoms with van der Waals surface area (Å²) in [6.45, 7) is 7.03. The predicted molar refractivity (Wildman–Crippen MR) is 117 cm³/mol. The lowest BCUT2D eigenvalue weighted by Crippen LogP contribution is -2.38. The number of carbonyl (C=O) groups is 1. The zero-order valence-electron chi connectivity index (χ0n) is 16.5. The van der Waals surface area contributed by atoms with E-state index in [2.05, 4.69) is 23.7 Å². The van der Waals surface area contributed by atoms with Crippen LogP contribution in [0.3, 0.4) is 0 Å². The Hall–Kier alpha value is -2.56. The van der Waals surface area contributed by atoms with Crippen molar-refractivity contribution in [2.75, 3.05) is 38.2 Å². The van der Waals surface area contributed by atoms with E-state index in [1.807, 2.05) is 18.2 Å². The Morgan fingerprint density at radius 1 is 1.17 bits per heavy atom. The van der Waals surface area contributed by atoms with Crippen LogP contribution in [0.15, 0.2) is 30.3 Å². The standard InChI is InChI=1S/C19H22N4O4S2/c1-4-21(5-2)10-11-22(18(24)15-8-9-17(28-15)23(25)26)19-20-14-7-6-13(27-3)12-16(14)29-19/h6-9,12H,4-5,10-11H2,1-3H3. The summed E-state index contributed by atoms with van der Waals surface area (Å²) in [4.78, 5) is 32.5. The Bertz CT molecular complexity index is 1010. The molecule has 8 nitrogen and oxygen atoms in total. The smallest absolute Gasteiger partial charge is 0.324 e. The third-order valence-corrected chi connectivity index (χ3v) is 6.64. The average molecular weight is 435 g/mol. The van der Waals surface area contributed by atoms with Gasteiger partial charge in [-0.05, 0) is 37.4 Å². The molecule has 1 amide bonds. The van der Waals surface area contributed by atoms with Crippen molar-refractivity contribution in [3.8, 4) is 5.75 Å². The molecule has 0 spiro atoms. The number of nitrogens with zero attached hydrogens (tertiary/aromatic N) is 4. The molecule has 3 aromatic rings. The highest BCUT2D eigenvalue weighted by molar-refractivity contribution is 7.22. The summed E-state index contributed by atoms with van der Waals surface area (Å²) in [6, 6.07) is 8.45. The molecule has 2 heterocycles. The maximum absolute atomic E-state index is 13.2. The van der Waals surface area contributed by atoms with Crippen molar-refractivity contribution in [2.24, 2.45) is 0 Å². The molecule has 2 aromatic heterocycles. The van der Waals surface area contributed by atoms with E-state index in [0.29, 0.717) is 23.1 Å². The van der Waals surface area contributed by atoms with Crippen molar-refractivity contribution in [1.29, 1.82) is 0 Å². The Morgan fingerprint density at radius 3 is 2.55 bits per heavy atom. The summed E-state index contributed by atoms with van der Waals surface area (Å²) in [5, 5.41) is 11.5. The number of carbonyl (C=O) groups excluding carboxylic acids is 1. The summed E-state index contributed by atoms with van der Waals surface area (Å²) in [5.74, 6) is 0.448. The predicted octanol–water partition coefficient (Wildman–Crippen LogP) is 4.26. The minimum absolute atomic E-state index is 0.0499. The van der Waals surface area contributed by atoms with Gasteiger partial charge in [-0.15, -0.1) is 0 Å². The summed E-state index contributed by atoms with van der Waals surface area (Å²) in [7, 11) is 1.60. The van der Waals surface area contributed by atoms with Crippen LogP contribution in [0.25, 0.3) is 10.2 Å². The molecule has 0 fully saturated rings. The minimum atomic E-state index is -0.481. The molecule has 10 heteroatoms. The lowest BCUT2D eigenvalue weighted by atomic mass is 10.3. The molecular formula is C19H22N4O4S2. The number of hydrogen-bond donors (Lipinski definition) is 0. The van der Waals surface area contributed by atoms with Gasteiger partial charge in [-0.2, -0.15) is 0 Å². The highest BCUT2D eigenvalue weighted by atomic mass is 32.1. The molecule has 0 radical (unpaired) electrons. The number of likely N-dealkylation sites (N-methyl/N-ethyl adjacent to an activating group) is 1. The maximum atomic E-state index is 13.2. The summed E-state index contributed by atoms with van der Waals surface area (Å²) >= 11 is 2.29. The van der Waals surface area contributed by atoms with Crippen molar-refractivity contribution in [3.63, 3.8) is 0 Å². The fourth-order valence-electron chi connectivity index (χ4n) is 2.87. The molecule has 154 valence electrons. The molecule has 0 saturated heterocycles. The number of aromatic nitrogens is 1. The molecule has 0 unspecified atom stereocenters. The first-order valence-corrected chi connectivity index (χ1v) is 10.8. The molecule has 1 aromatic carbocycles. The first-order valence-electron chi connectivity index (χ1n) is 9.19. The van der Waals surface area contributed by atoms with Crippen LogP contribution in [0, 0.1) is 10.1 Å². The third-order valence-electron chi connectivity index (χ3n) is 4.58. The Morgan fingerprint density at radius 2 is 1.93 bits per heavy atom. The molecule has 29 heavy (non-hydrogen) atoms. The summed E-state index contributed by atoms with van der Waals surface area (Å²) in [6.07, 6.45) is 0. The van der Waals surface area contributed by atoms with Gasteiger partial charge in [0.25, 0.3) is 5.91 Å². The molecule has 0 atom stereocenters. The zero-order chi connectivity index (χ0) is 21.0. The normalized spacial score (nSPS) is 11.2. The Labute approximate surface area is 176 Å². The molecule has 0 aliphatic carbocycles. The summed E-state index contributed by atoms with van der Waals surface area (Å²) in [5.41, 5.74) is 0.781. The number of nitro groups is 1. The van der Waals surface area contributed by atoms with Gasteiger partial charge < -0.3 is 9.64 Å². The number of ether oxygens (including phenoxy) is 1. The van der Waals surface area contributed by atoms with Gasteiger partial charge in [-0.3, -0.25) is 19.8 Å². The number of thiophene rings is 1. The van der Waals surface area contributed by atoms with Gasteiger partial charge >= 0.3 is 5.00 Å².